The van der Waals surface area contributed by atoms with Crippen LogP contribution in [0.4, 0.5) is 0 Å². The molecule has 0 fully saturated rings. The standard InChI is InChI=1S/C9H14N4O2/c1-2-13(6-5-10)9(15)7-3-4-8(14)12-11-7/h3-4H,2,5-6,10H2,1H3,(H,12,14). The van der Waals surface area contributed by atoms with Gasteiger partial charge in [-0.1, -0.05) is 0 Å². The van der Waals surface area contributed by atoms with Crippen molar-refractivity contribution >= 4 is 5.91 Å². The maximum Gasteiger partial charge on any atom is 0.274 e. The van der Waals surface area contributed by atoms with Crippen molar-refractivity contribution in [1.82, 2.24) is 15.1 Å². The molecule has 0 unspecified atom stereocenters. The summed E-state index contributed by atoms with van der Waals surface area (Å²) >= 11 is 0. The molecule has 0 spiro atoms. The summed E-state index contributed by atoms with van der Waals surface area (Å²) in [6, 6.07) is 2.68. The summed E-state index contributed by atoms with van der Waals surface area (Å²) < 4.78 is 0. The number of H-pyrrole nitrogens is 1. The summed E-state index contributed by atoms with van der Waals surface area (Å²) in [5, 5.41) is 5.88. The molecule has 0 saturated heterocycles. The van der Waals surface area contributed by atoms with E-state index < -0.39 is 0 Å². The molecule has 1 rings (SSSR count). The lowest BCUT2D eigenvalue weighted by molar-refractivity contribution is 0.0762. The minimum Gasteiger partial charge on any atom is -0.336 e. The first-order chi connectivity index (χ1) is 7.19. The summed E-state index contributed by atoms with van der Waals surface area (Å²) in [6.45, 7) is 3.31. The van der Waals surface area contributed by atoms with Crippen LogP contribution in [0.1, 0.15) is 17.4 Å². The zero-order chi connectivity index (χ0) is 11.3. The zero-order valence-electron chi connectivity index (χ0n) is 8.56. The molecule has 3 N–H and O–H groups in total. The molecule has 0 aromatic carbocycles. The van der Waals surface area contributed by atoms with E-state index in [4.69, 9.17) is 5.73 Å². The third-order valence-electron chi connectivity index (χ3n) is 1.97. The second-order valence-electron chi connectivity index (χ2n) is 2.98. The fraction of sp³-hybridized carbons (Fsp3) is 0.444. The average molecular weight is 210 g/mol. The van der Waals surface area contributed by atoms with Crippen molar-refractivity contribution in [3.05, 3.63) is 28.2 Å². The van der Waals surface area contributed by atoms with Crippen LogP contribution in [0.3, 0.4) is 0 Å². The number of aromatic nitrogens is 2. The number of carbonyl (C=O) groups is 1. The summed E-state index contributed by atoms with van der Waals surface area (Å²) in [5.41, 5.74) is 5.27. The molecule has 0 saturated carbocycles. The molecule has 6 heteroatoms. The maximum absolute atomic E-state index is 11.8. The number of nitrogens with one attached hydrogen (secondary N) is 1. The first kappa shape index (κ1) is 11.4. The van der Waals surface area contributed by atoms with Crippen molar-refractivity contribution in [3.8, 4) is 0 Å². The van der Waals surface area contributed by atoms with E-state index in [2.05, 4.69) is 10.2 Å². The smallest absolute Gasteiger partial charge is 0.274 e. The van der Waals surface area contributed by atoms with Gasteiger partial charge in [0.05, 0.1) is 0 Å². The van der Waals surface area contributed by atoms with Gasteiger partial charge in [-0.25, -0.2) is 5.10 Å². The van der Waals surface area contributed by atoms with Crippen molar-refractivity contribution < 1.29 is 4.79 Å². The molecule has 0 atom stereocenters. The highest BCUT2D eigenvalue weighted by molar-refractivity contribution is 5.92. The predicted octanol–water partition coefficient (Wildman–Crippen LogP) is -0.809. The van der Waals surface area contributed by atoms with Gasteiger partial charge in [0.25, 0.3) is 11.5 Å². The molecule has 1 aromatic heterocycles. The van der Waals surface area contributed by atoms with Crippen LogP contribution in [0.25, 0.3) is 0 Å². The van der Waals surface area contributed by atoms with Gasteiger partial charge in [-0.2, -0.15) is 5.10 Å². The monoisotopic (exact) mass is 210 g/mol. The summed E-state index contributed by atoms with van der Waals surface area (Å²) in [6.07, 6.45) is 0. The van der Waals surface area contributed by atoms with E-state index in [1.54, 1.807) is 4.90 Å². The van der Waals surface area contributed by atoms with E-state index >= 15 is 0 Å². The van der Waals surface area contributed by atoms with Gasteiger partial charge in [-0.05, 0) is 13.0 Å². The molecule has 0 aliphatic heterocycles. The van der Waals surface area contributed by atoms with E-state index in [-0.39, 0.29) is 17.2 Å². The van der Waals surface area contributed by atoms with Gasteiger partial charge in [-0.3, -0.25) is 9.59 Å². The zero-order valence-corrected chi connectivity index (χ0v) is 8.56. The lowest BCUT2D eigenvalue weighted by Gasteiger charge is -2.18. The van der Waals surface area contributed by atoms with Gasteiger partial charge >= 0.3 is 0 Å². The van der Waals surface area contributed by atoms with E-state index in [0.29, 0.717) is 19.6 Å². The van der Waals surface area contributed by atoms with Crippen molar-refractivity contribution in [2.45, 2.75) is 6.92 Å². The van der Waals surface area contributed by atoms with Crippen molar-refractivity contribution in [1.29, 1.82) is 0 Å². The molecule has 1 heterocycles. The number of nitrogens with zero attached hydrogens (tertiary/aromatic N) is 2. The molecular formula is C9H14N4O2. The van der Waals surface area contributed by atoms with E-state index in [9.17, 15) is 9.59 Å². The lowest BCUT2D eigenvalue weighted by Crippen LogP contribution is -2.36. The molecular weight excluding hydrogens is 196 g/mol. The molecule has 0 bridgehead atoms. The van der Waals surface area contributed by atoms with Gasteiger partial charge in [0.1, 0.15) is 5.69 Å². The normalized spacial score (nSPS) is 10.0. The summed E-state index contributed by atoms with van der Waals surface area (Å²) in [5.74, 6) is -0.223. The van der Waals surface area contributed by atoms with Crippen LogP contribution < -0.4 is 11.3 Å². The maximum atomic E-state index is 11.8. The van der Waals surface area contributed by atoms with E-state index in [1.165, 1.54) is 12.1 Å². The highest BCUT2D eigenvalue weighted by atomic mass is 16.2. The first-order valence-corrected chi connectivity index (χ1v) is 4.74. The number of hydrogen-bond donors (Lipinski definition) is 2. The third kappa shape index (κ3) is 2.88. The fourth-order valence-electron chi connectivity index (χ4n) is 1.18. The van der Waals surface area contributed by atoms with Crippen LogP contribution in [0, 0.1) is 0 Å². The largest absolute Gasteiger partial charge is 0.336 e. The van der Waals surface area contributed by atoms with Crippen LogP contribution >= 0.6 is 0 Å². The lowest BCUT2D eigenvalue weighted by atomic mass is 10.3. The van der Waals surface area contributed by atoms with Gasteiger partial charge < -0.3 is 10.6 Å². The number of hydrogen-bond acceptors (Lipinski definition) is 4. The van der Waals surface area contributed by atoms with E-state index in [1.807, 2.05) is 6.92 Å². The molecule has 0 aliphatic carbocycles. The second kappa shape index (κ2) is 5.26. The van der Waals surface area contributed by atoms with Gasteiger partial charge in [0.2, 0.25) is 0 Å². The quantitative estimate of drug-likeness (QED) is 0.680. The Kier molecular flexibility index (Phi) is 3.99. The average Bonchev–Trinajstić information content (AvgIpc) is 2.26. The molecule has 0 aliphatic rings. The Morgan fingerprint density at radius 2 is 2.33 bits per heavy atom. The van der Waals surface area contributed by atoms with E-state index in [0.717, 1.165) is 0 Å². The molecule has 1 aromatic rings. The van der Waals surface area contributed by atoms with Crippen LogP contribution in [-0.4, -0.2) is 40.6 Å². The third-order valence-corrected chi connectivity index (χ3v) is 1.97. The molecule has 1 amide bonds. The number of nitrogens with two attached hydrogens (primary N) is 1. The molecule has 6 nitrogen and oxygen atoms in total. The number of rotatable bonds is 4. The predicted molar refractivity (Wildman–Crippen MR) is 55.5 cm³/mol. The molecule has 82 valence electrons. The van der Waals surface area contributed by atoms with Crippen molar-refractivity contribution in [3.63, 3.8) is 0 Å². The van der Waals surface area contributed by atoms with Crippen LogP contribution in [0.15, 0.2) is 16.9 Å². The SMILES string of the molecule is CCN(CCN)C(=O)c1ccc(=O)[nH]n1. The Hall–Kier alpha value is -1.69. The molecule has 0 radical (unpaired) electrons. The Morgan fingerprint density at radius 1 is 1.60 bits per heavy atom. The highest BCUT2D eigenvalue weighted by Crippen LogP contribution is 1.97. The summed E-state index contributed by atoms with van der Waals surface area (Å²) in [4.78, 5) is 24.1. The van der Waals surface area contributed by atoms with Crippen molar-refractivity contribution in [2.24, 2.45) is 5.73 Å². The first-order valence-electron chi connectivity index (χ1n) is 4.74. The van der Waals surface area contributed by atoms with Gasteiger partial charge in [0.15, 0.2) is 0 Å². The Bertz CT molecular complexity index is 367. The van der Waals surface area contributed by atoms with Crippen LogP contribution in [-0.2, 0) is 0 Å². The Morgan fingerprint density at radius 3 is 2.80 bits per heavy atom. The summed E-state index contributed by atoms with van der Waals surface area (Å²) in [7, 11) is 0. The Balaban J connectivity index is 2.82. The number of likely N-dealkylation sites (N-methyl/N-ethyl adjacent to an activating group) is 1. The minimum atomic E-state index is -0.326. The Labute approximate surface area is 87.1 Å². The van der Waals surface area contributed by atoms with Crippen LogP contribution in [0.2, 0.25) is 0 Å². The topological polar surface area (TPSA) is 92.1 Å². The van der Waals surface area contributed by atoms with Crippen molar-refractivity contribution in [2.75, 3.05) is 19.6 Å². The fourth-order valence-corrected chi connectivity index (χ4v) is 1.18. The molecule has 15 heavy (non-hydrogen) atoms. The number of carbonyl (C=O) groups excluding carboxylic acids is 1. The number of amides is 1. The number of aromatic amines is 1. The van der Waals surface area contributed by atoms with Gasteiger partial charge in [0, 0.05) is 25.7 Å². The van der Waals surface area contributed by atoms with Gasteiger partial charge in [-0.15, -0.1) is 0 Å². The highest BCUT2D eigenvalue weighted by Gasteiger charge is 2.14. The minimum absolute atomic E-state index is 0.223. The van der Waals surface area contributed by atoms with Crippen LogP contribution in [0.5, 0.6) is 0 Å². The second-order valence-corrected chi connectivity index (χ2v) is 2.98.